The Morgan fingerprint density at radius 3 is 2.56 bits per heavy atom. The van der Waals surface area contributed by atoms with E-state index in [0.717, 1.165) is 11.5 Å². The Morgan fingerprint density at radius 1 is 1.30 bits per heavy atom. The molecule has 7 nitrogen and oxygen atoms in total. The number of anilines is 1. The zero-order valence-electron chi connectivity index (χ0n) is 16.4. The number of hydrogen-bond acceptors (Lipinski definition) is 5. The summed E-state index contributed by atoms with van der Waals surface area (Å²) in [6, 6.07) is 0.137. The van der Waals surface area contributed by atoms with E-state index in [4.69, 9.17) is 4.98 Å². The van der Waals surface area contributed by atoms with Crippen LogP contribution in [0.15, 0.2) is 24.9 Å². The van der Waals surface area contributed by atoms with Gasteiger partial charge < -0.3 is 15.1 Å². The second kappa shape index (κ2) is 7.50. The van der Waals surface area contributed by atoms with Crippen LogP contribution in [0.25, 0.3) is 5.57 Å². The van der Waals surface area contributed by atoms with Crippen molar-refractivity contribution in [3.05, 3.63) is 36.3 Å². The van der Waals surface area contributed by atoms with Gasteiger partial charge in [0.2, 0.25) is 5.91 Å². The highest BCUT2D eigenvalue weighted by atomic mass is 16.2. The Morgan fingerprint density at radius 2 is 1.96 bits per heavy atom. The van der Waals surface area contributed by atoms with Gasteiger partial charge in [0.25, 0.3) is 5.91 Å². The zero-order valence-corrected chi connectivity index (χ0v) is 16.4. The van der Waals surface area contributed by atoms with E-state index in [0.29, 0.717) is 30.8 Å². The van der Waals surface area contributed by atoms with E-state index in [1.807, 2.05) is 38.7 Å². The third kappa shape index (κ3) is 3.72. The smallest absolute Gasteiger partial charge is 0.253 e. The highest BCUT2D eigenvalue weighted by Gasteiger charge is 2.33. The molecule has 2 amide bonds. The second-order valence-electron chi connectivity index (χ2n) is 7.53. The normalized spacial score (nSPS) is 21.7. The molecular formula is C20H27N5O2. The number of allylic oxidation sites excluding steroid dienone is 1. The third-order valence-electron chi connectivity index (χ3n) is 4.93. The maximum atomic E-state index is 12.4. The van der Waals surface area contributed by atoms with Crippen molar-refractivity contribution in [1.29, 1.82) is 0 Å². The fraction of sp³-hybridized carbons (Fsp3) is 0.500. The minimum absolute atomic E-state index is 0.0357. The van der Waals surface area contributed by atoms with Gasteiger partial charge in [-0.2, -0.15) is 0 Å². The molecule has 1 saturated heterocycles. The molecule has 0 unspecified atom stereocenters. The lowest BCUT2D eigenvalue weighted by Gasteiger charge is -2.44. The summed E-state index contributed by atoms with van der Waals surface area (Å²) in [6.45, 7) is 12.8. The number of rotatable bonds is 4. The molecule has 0 aromatic carbocycles. The van der Waals surface area contributed by atoms with Crippen LogP contribution >= 0.6 is 0 Å². The van der Waals surface area contributed by atoms with Crippen molar-refractivity contribution in [3.63, 3.8) is 0 Å². The van der Waals surface area contributed by atoms with Gasteiger partial charge >= 0.3 is 0 Å². The fourth-order valence-electron chi connectivity index (χ4n) is 3.81. The van der Waals surface area contributed by atoms with Gasteiger partial charge in [0.1, 0.15) is 5.82 Å². The summed E-state index contributed by atoms with van der Waals surface area (Å²) in [5.41, 5.74) is 2.08. The molecule has 27 heavy (non-hydrogen) atoms. The van der Waals surface area contributed by atoms with E-state index >= 15 is 0 Å². The predicted molar refractivity (Wildman–Crippen MR) is 105 cm³/mol. The molecule has 1 aromatic rings. The van der Waals surface area contributed by atoms with Gasteiger partial charge in [-0.1, -0.05) is 12.7 Å². The molecule has 0 radical (unpaired) electrons. The average Bonchev–Trinajstić information content (AvgIpc) is 3.03. The first-order chi connectivity index (χ1) is 12.8. The Kier molecular flexibility index (Phi) is 5.30. The lowest BCUT2D eigenvalue weighted by Crippen LogP contribution is -2.58. The van der Waals surface area contributed by atoms with Crippen molar-refractivity contribution in [2.24, 2.45) is 0 Å². The highest BCUT2D eigenvalue weighted by Crippen LogP contribution is 2.28. The number of carbonyl (C=O) groups is 2. The van der Waals surface area contributed by atoms with Crippen LogP contribution < -0.4 is 10.2 Å². The molecule has 2 aliphatic rings. The first-order valence-electron chi connectivity index (χ1n) is 9.38. The first-order valence-corrected chi connectivity index (χ1v) is 9.38. The lowest BCUT2D eigenvalue weighted by atomic mass is 10.1. The SMILES string of the molecule is C=CC(=O)N1[C@H](C)CN(c2cnc3c(n2)C(C(=O)NC(C)C)=CC3)C[C@@H]1C. The molecule has 2 heterocycles. The monoisotopic (exact) mass is 369 g/mol. The number of aromatic nitrogens is 2. The number of fused-ring (bicyclic) bond motifs is 1. The minimum atomic E-state index is -0.113. The number of amides is 2. The molecule has 144 valence electrons. The van der Waals surface area contributed by atoms with Gasteiger partial charge in [-0.15, -0.1) is 0 Å². The molecule has 7 heteroatoms. The average molecular weight is 369 g/mol. The van der Waals surface area contributed by atoms with Gasteiger partial charge in [0.15, 0.2) is 0 Å². The van der Waals surface area contributed by atoms with Crippen molar-refractivity contribution in [3.8, 4) is 0 Å². The molecule has 1 fully saturated rings. The van der Waals surface area contributed by atoms with Crippen LogP contribution in [-0.2, 0) is 16.0 Å². The summed E-state index contributed by atoms with van der Waals surface area (Å²) in [5.74, 6) is 0.576. The summed E-state index contributed by atoms with van der Waals surface area (Å²) >= 11 is 0. The van der Waals surface area contributed by atoms with Crippen molar-refractivity contribution < 1.29 is 9.59 Å². The molecule has 0 spiro atoms. The van der Waals surface area contributed by atoms with Gasteiger partial charge in [-0.3, -0.25) is 14.6 Å². The maximum absolute atomic E-state index is 12.4. The molecule has 0 saturated carbocycles. The molecule has 2 atom stereocenters. The molecule has 1 aliphatic carbocycles. The third-order valence-corrected chi connectivity index (χ3v) is 4.93. The summed E-state index contributed by atoms with van der Waals surface area (Å²) in [4.78, 5) is 37.8. The Hall–Kier alpha value is -2.70. The van der Waals surface area contributed by atoms with Crippen molar-refractivity contribution in [2.45, 2.75) is 52.2 Å². The quantitative estimate of drug-likeness (QED) is 0.815. The summed E-state index contributed by atoms with van der Waals surface area (Å²) in [7, 11) is 0. The standard InChI is InChI=1S/C20H27N5O2/c1-6-18(26)25-13(4)10-24(11-14(25)5)17-9-21-16-8-7-15(19(16)23-17)20(27)22-12(2)3/h6-7,9,12-14H,1,8,10-11H2,2-5H3,(H,22,27)/t13-,14+. The van der Waals surface area contributed by atoms with Crippen LogP contribution in [0.2, 0.25) is 0 Å². The Labute approximate surface area is 160 Å². The largest absolute Gasteiger partial charge is 0.351 e. The van der Waals surface area contributed by atoms with E-state index in [9.17, 15) is 9.59 Å². The highest BCUT2D eigenvalue weighted by molar-refractivity contribution is 6.20. The van der Waals surface area contributed by atoms with Crippen molar-refractivity contribution in [1.82, 2.24) is 20.2 Å². The molecular weight excluding hydrogens is 342 g/mol. The van der Waals surface area contributed by atoms with Crippen LogP contribution in [-0.4, -0.2) is 57.9 Å². The second-order valence-corrected chi connectivity index (χ2v) is 7.53. The summed E-state index contributed by atoms with van der Waals surface area (Å²) in [6.07, 6.45) is 5.64. The van der Waals surface area contributed by atoms with Crippen molar-refractivity contribution >= 4 is 23.2 Å². The van der Waals surface area contributed by atoms with E-state index in [1.54, 1.807) is 6.20 Å². The number of carbonyl (C=O) groups excluding carboxylic acids is 2. The van der Waals surface area contributed by atoms with Crippen LogP contribution in [0.3, 0.4) is 0 Å². The summed E-state index contributed by atoms with van der Waals surface area (Å²) < 4.78 is 0. The van der Waals surface area contributed by atoms with Crippen LogP contribution in [0.1, 0.15) is 39.1 Å². The van der Waals surface area contributed by atoms with Gasteiger partial charge in [0.05, 0.1) is 23.2 Å². The molecule has 0 bridgehead atoms. The zero-order chi connectivity index (χ0) is 19.7. The van der Waals surface area contributed by atoms with Gasteiger partial charge in [-0.25, -0.2) is 4.98 Å². The number of nitrogens with zero attached hydrogens (tertiary/aromatic N) is 4. The first kappa shape index (κ1) is 19.1. The summed E-state index contributed by atoms with van der Waals surface area (Å²) in [5, 5.41) is 2.92. The minimum Gasteiger partial charge on any atom is -0.351 e. The van der Waals surface area contributed by atoms with Crippen molar-refractivity contribution in [2.75, 3.05) is 18.0 Å². The molecule has 1 aliphatic heterocycles. The maximum Gasteiger partial charge on any atom is 0.253 e. The predicted octanol–water partition coefficient (Wildman–Crippen LogP) is 1.55. The lowest BCUT2D eigenvalue weighted by molar-refractivity contribution is -0.130. The Bertz CT molecular complexity index is 790. The van der Waals surface area contributed by atoms with Crippen LogP contribution in [0, 0.1) is 0 Å². The van der Waals surface area contributed by atoms with Crippen LogP contribution in [0.4, 0.5) is 5.82 Å². The van der Waals surface area contributed by atoms with E-state index in [-0.39, 0.29) is 29.9 Å². The van der Waals surface area contributed by atoms with E-state index in [1.165, 1.54) is 6.08 Å². The van der Waals surface area contributed by atoms with E-state index < -0.39 is 0 Å². The van der Waals surface area contributed by atoms with Crippen LogP contribution in [0.5, 0.6) is 0 Å². The molecule has 1 N–H and O–H groups in total. The number of nitrogens with one attached hydrogen (secondary N) is 1. The van der Waals surface area contributed by atoms with Gasteiger partial charge in [-0.05, 0) is 33.8 Å². The fourth-order valence-corrected chi connectivity index (χ4v) is 3.81. The number of hydrogen-bond donors (Lipinski definition) is 1. The Balaban J connectivity index is 1.82. The van der Waals surface area contributed by atoms with E-state index in [2.05, 4.69) is 21.8 Å². The van der Waals surface area contributed by atoms with Gasteiger partial charge in [0, 0.05) is 37.6 Å². The number of piperazine rings is 1. The molecule has 3 rings (SSSR count). The molecule has 1 aromatic heterocycles. The topological polar surface area (TPSA) is 78.4 Å².